The van der Waals surface area contributed by atoms with Gasteiger partial charge in [0.1, 0.15) is 12.9 Å². The summed E-state index contributed by atoms with van der Waals surface area (Å²) in [6.07, 6.45) is -0.0689. The van der Waals surface area contributed by atoms with Gasteiger partial charge < -0.3 is 9.57 Å². The highest BCUT2D eigenvalue weighted by molar-refractivity contribution is 6.39. The van der Waals surface area contributed by atoms with Gasteiger partial charge >= 0.3 is 5.97 Å². The van der Waals surface area contributed by atoms with Crippen LogP contribution in [0.15, 0.2) is 5.16 Å². The van der Waals surface area contributed by atoms with Crippen molar-refractivity contribution in [2.24, 2.45) is 5.16 Å². The van der Waals surface area contributed by atoms with Gasteiger partial charge in [-0.3, -0.25) is 4.79 Å². The first-order valence-electron chi connectivity index (χ1n) is 3.29. The Morgan fingerprint density at radius 3 is 2.25 bits per heavy atom. The Morgan fingerprint density at radius 2 is 1.92 bits per heavy atom. The quantitative estimate of drug-likeness (QED) is 0.344. The van der Waals surface area contributed by atoms with Crippen LogP contribution in [0.4, 0.5) is 0 Å². The smallest absolute Gasteiger partial charge is 0.356 e. The summed E-state index contributed by atoms with van der Waals surface area (Å²) >= 11 is 0. The highest BCUT2D eigenvalue weighted by Gasteiger charge is 2.14. The molecule has 0 atom stereocenters. The molecule has 0 aromatic heterocycles. The van der Waals surface area contributed by atoms with Crippen molar-refractivity contribution in [3.05, 3.63) is 0 Å². The number of esters is 1. The molecule has 0 saturated heterocycles. The molecule has 0 aliphatic carbocycles. The second-order valence-corrected chi connectivity index (χ2v) is 2.09. The summed E-state index contributed by atoms with van der Waals surface area (Å²) in [4.78, 5) is 25.8. The molecule has 0 bridgehead atoms. The molecule has 0 radical (unpaired) electrons. The molecule has 0 aromatic carbocycles. The molecule has 5 heteroatoms. The van der Waals surface area contributed by atoms with E-state index in [2.05, 4.69) is 14.7 Å². The minimum Gasteiger partial charge on any atom is -0.464 e. The fraction of sp³-hybridized carbons (Fsp3) is 0.571. The van der Waals surface area contributed by atoms with E-state index in [9.17, 15) is 9.59 Å². The Labute approximate surface area is 70.3 Å². The van der Waals surface area contributed by atoms with Gasteiger partial charge in [-0.15, -0.1) is 0 Å². The second-order valence-electron chi connectivity index (χ2n) is 2.09. The largest absolute Gasteiger partial charge is 0.464 e. The van der Waals surface area contributed by atoms with Crippen molar-refractivity contribution >= 4 is 17.5 Å². The molecule has 12 heavy (non-hydrogen) atoms. The number of oxime groups is 1. The molecule has 0 aromatic rings. The van der Waals surface area contributed by atoms with Crippen molar-refractivity contribution in [3.8, 4) is 0 Å². The predicted molar refractivity (Wildman–Crippen MR) is 41.8 cm³/mol. The van der Waals surface area contributed by atoms with Crippen molar-refractivity contribution in [2.75, 3.05) is 14.2 Å². The standard InChI is InChI=1S/C7H11NO4/c1-5(9)4-6(8-12-3)7(10)11-2/h4H2,1-3H3/b8-6+. The molecule has 0 aliphatic heterocycles. The molecule has 0 heterocycles. The van der Waals surface area contributed by atoms with E-state index < -0.39 is 5.97 Å². The van der Waals surface area contributed by atoms with Crippen LogP contribution in [-0.2, 0) is 19.2 Å². The minimum absolute atomic E-state index is 0.0208. The summed E-state index contributed by atoms with van der Waals surface area (Å²) in [5, 5.41) is 3.36. The van der Waals surface area contributed by atoms with E-state index in [4.69, 9.17) is 0 Å². The van der Waals surface area contributed by atoms with Crippen LogP contribution in [0.25, 0.3) is 0 Å². The number of carbonyl (C=O) groups excluding carboxylic acids is 2. The molecule has 0 aliphatic rings. The Morgan fingerprint density at radius 1 is 1.33 bits per heavy atom. The van der Waals surface area contributed by atoms with Crippen LogP contribution >= 0.6 is 0 Å². The molecule has 0 N–H and O–H groups in total. The fourth-order valence-electron chi connectivity index (χ4n) is 0.606. The molecule has 0 saturated carbocycles. The molecule has 0 unspecified atom stereocenters. The van der Waals surface area contributed by atoms with Crippen LogP contribution in [0.3, 0.4) is 0 Å². The number of hydrogen-bond donors (Lipinski definition) is 0. The van der Waals surface area contributed by atoms with Gasteiger partial charge in [-0.25, -0.2) is 4.79 Å². The maximum atomic E-state index is 10.9. The summed E-state index contributed by atoms with van der Waals surface area (Å²) < 4.78 is 4.36. The van der Waals surface area contributed by atoms with Gasteiger partial charge in [0.2, 0.25) is 0 Å². The lowest BCUT2D eigenvalue weighted by molar-refractivity contribution is -0.133. The molecular weight excluding hydrogens is 162 g/mol. The average Bonchev–Trinajstić information content (AvgIpc) is 2.01. The Balaban J connectivity index is 4.34. The summed E-state index contributed by atoms with van der Waals surface area (Å²) in [6.45, 7) is 1.36. The third-order valence-corrected chi connectivity index (χ3v) is 1.04. The SMILES string of the molecule is CO/N=C(\CC(C)=O)C(=O)OC. The van der Waals surface area contributed by atoms with Crippen molar-refractivity contribution in [2.45, 2.75) is 13.3 Å². The normalized spacial score (nSPS) is 10.8. The first-order chi connectivity index (χ1) is 5.61. The Kier molecular flexibility index (Phi) is 4.67. The van der Waals surface area contributed by atoms with Crippen LogP contribution in [0.2, 0.25) is 0 Å². The molecule has 0 spiro atoms. The number of rotatable bonds is 4. The number of ether oxygens (including phenoxy) is 1. The zero-order chi connectivity index (χ0) is 9.56. The summed E-state index contributed by atoms with van der Waals surface area (Å²) in [7, 11) is 2.51. The lowest BCUT2D eigenvalue weighted by Crippen LogP contribution is -2.18. The zero-order valence-corrected chi connectivity index (χ0v) is 7.29. The van der Waals surface area contributed by atoms with E-state index in [1.807, 2.05) is 0 Å². The van der Waals surface area contributed by atoms with Crippen molar-refractivity contribution in [3.63, 3.8) is 0 Å². The lowest BCUT2D eigenvalue weighted by atomic mass is 10.2. The van der Waals surface area contributed by atoms with Gasteiger partial charge in [-0.05, 0) is 6.92 Å². The lowest BCUT2D eigenvalue weighted by Gasteiger charge is -1.99. The van der Waals surface area contributed by atoms with E-state index >= 15 is 0 Å². The number of carbonyl (C=O) groups is 2. The van der Waals surface area contributed by atoms with Crippen molar-refractivity contribution in [1.82, 2.24) is 0 Å². The Bertz CT molecular complexity index is 209. The molecule has 0 rings (SSSR count). The van der Waals surface area contributed by atoms with Gasteiger partial charge in [-0.1, -0.05) is 5.16 Å². The van der Waals surface area contributed by atoms with Gasteiger partial charge in [-0.2, -0.15) is 0 Å². The highest BCUT2D eigenvalue weighted by atomic mass is 16.6. The number of nitrogens with zero attached hydrogens (tertiary/aromatic N) is 1. The Hall–Kier alpha value is -1.39. The maximum absolute atomic E-state index is 10.9. The monoisotopic (exact) mass is 173 g/mol. The predicted octanol–water partition coefficient (Wildman–Crippen LogP) is 0.141. The van der Waals surface area contributed by atoms with Crippen LogP contribution in [0.1, 0.15) is 13.3 Å². The van der Waals surface area contributed by atoms with E-state index in [1.54, 1.807) is 0 Å². The number of Topliss-reactive ketones (excluding diaryl/α,β-unsaturated/α-hetero) is 1. The van der Waals surface area contributed by atoms with E-state index in [1.165, 1.54) is 21.1 Å². The van der Waals surface area contributed by atoms with Crippen LogP contribution in [0.5, 0.6) is 0 Å². The second kappa shape index (κ2) is 5.29. The first-order valence-corrected chi connectivity index (χ1v) is 3.29. The number of ketones is 1. The van der Waals surface area contributed by atoms with Gasteiger partial charge in [0.15, 0.2) is 5.71 Å². The maximum Gasteiger partial charge on any atom is 0.356 e. The first kappa shape index (κ1) is 10.6. The molecule has 0 fully saturated rings. The van der Waals surface area contributed by atoms with E-state index in [0.717, 1.165) is 0 Å². The van der Waals surface area contributed by atoms with Crippen LogP contribution in [-0.4, -0.2) is 31.7 Å². The van der Waals surface area contributed by atoms with Gasteiger partial charge in [0.25, 0.3) is 0 Å². The molecule has 5 nitrogen and oxygen atoms in total. The number of methoxy groups -OCH3 is 1. The number of hydrogen-bond acceptors (Lipinski definition) is 5. The summed E-state index contributed by atoms with van der Waals surface area (Å²) in [5.41, 5.74) is -0.0208. The molecule has 68 valence electrons. The van der Waals surface area contributed by atoms with Gasteiger partial charge in [0, 0.05) is 0 Å². The topological polar surface area (TPSA) is 65.0 Å². The van der Waals surface area contributed by atoms with Crippen molar-refractivity contribution < 1.29 is 19.2 Å². The summed E-state index contributed by atoms with van der Waals surface area (Å²) in [5.74, 6) is -0.816. The van der Waals surface area contributed by atoms with Crippen LogP contribution in [0, 0.1) is 0 Å². The minimum atomic E-state index is -0.646. The highest BCUT2D eigenvalue weighted by Crippen LogP contribution is 1.92. The van der Waals surface area contributed by atoms with E-state index in [-0.39, 0.29) is 17.9 Å². The van der Waals surface area contributed by atoms with Crippen molar-refractivity contribution in [1.29, 1.82) is 0 Å². The zero-order valence-electron chi connectivity index (χ0n) is 7.29. The molecule has 0 amide bonds. The van der Waals surface area contributed by atoms with Crippen LogP contribution < -0.4 is 0 Å². The summed E-state index contributed by atoms with van der Waals surface area (Å²) in [6, 6.07) is 0. The fourth-order valence-corrected chi connectivity index (χ4v) is 0.606. The third-order valence-electron chi connectivity index (χ3n) is 1.04. The molecular formula is C7H11NO4. The van der Waals surface area contributed by atoms with E-state index in [0.29, 0.717) is 0 Å². The average molecular weight is 173 g/mol. The van der Waals surface area contributed by atoms with Gasteiger partial charge in [0.05, 0.1) is 13.5 Å². The third kappa shape index (κ3) is 3.70.